The Bertz CT molecular complexity index is 1470. The highest BCUT2D eigenvalue weighted by Crippen LogP contribution is 2.36. The van der Waals surface area contributed by atoms with Gasteiger partial charge in [0.15, 0.2) is 5.13 Å². The Kier molecular flexibility index (Phi) is 8.52. The van der Waals surface area contributed by atoms with Crippen LogP contribution in [0.4, 0.5) is 37.2 Å². The lowest BCUT2D eigenvalue weighted by atomic mass is 9.92. The highest BCUT2D eigenvalue weighted by atomic mass is 32.1. The van der Waals surface area contributed by atoms with E-state index in [9.17, 15) is 31.1 Å². The number of fused-ring (bicyclic) bond motifs is 1. The van der Waals surface area contributed by atoms with Crippen molar-refractivity contribution in [3.05, 3.63) is 53.1 Å². The van der Waals surface area contributed by atoms with Crippen LogP contribution in [0.15, 0.2) is 36.4 Å². The van der Waals surface area contributed by atoms with Crippen molar-refractivity contribution in [2.45, 2.75) is 50.2 Å². The van der Waals surface area contributed by atoms with Crippen molar-refractivity contribution >= 4 is 38.3 Å². The quantitative estimate of drug-likeness (QED) is 0.330. The Labute approximate surface area is 241 Å². The van der Waals surface area contributed by atoms with Crippen molar-refractivity contribution < 1.29 is 35.9 Å². The maximum absolute atomic E-state index is 13.2. The lowest BCUT2D eigenvalue weighted by Crippen LogP contribution is -2.50. The number of nitrogens with one attached hydrogen (secondary N) is 1. The van der Waals surface area contributed by atoms with E-state index in [2.05, 4.69) is 10.3 Å². The topological polar surface area (TPSA) is 81.5 Å². The highest BCUT2D eigenvalue weighted by Gasteiger charge is 2.34. The van der Waals surface area contributed by atoms with E-state index in [1.54, 1.807) is 11.0 Å². The van der Waals surface area contributed by atoms with Crippen LogP contribution in [0.3, 0.4) is 0 Å². The molecule has 0 atom stereocenters. The van der Waals surface area contributed by atoms with Crippen LogP contribution in [0.5, 0.6) is 0 Å². The summed E-state index contributed by atoms with van der Waals surface area (Å²) in [4.78, 5) is 20.8. The number of benzene rings is 2. The zero-order valence-corrected chi connectivity index (χ0v) is 23.1. The minimum absolute atomic E-state index is 0.0507. The number of piperazine rings is 1. The van der Waals surface area contributed by atoms with Gasteiger partial charge in [0.1, 0.15) is 6.61 Å². The second-order valence-corrected chi connectivity index (χ2v) is 11.4. The third-order valence-corrected chi connectivity index (χ3v) is 8.64. The van der Waals surface area contributed by atoms with E-state index in [-0.39, 0.29) is 24.7 Å². The van der Waals surface area contributed by atoms with Crippen LogP contribution in [0.2, 0.25) is 0 Å². The fraction of sp³-hybridized carbons (Fsp3) is 0.464. The number of hydrogen-bond acceptors (Lipinski definition) is 7. The lowest BCUT2D eigenvalue weighted by Gasteiger charge is -2.35. The Hall–Kier alpha value is -3.57. The molecule has 5 rings (SSSR count). The van der Waals surface area contributed by atoms with Gasteiger partial charge in [0.25, 0.3) is 0 Å². The first-order valence-corrected chi connectivity index (χ1v) is 14.2. The molecule has 0 radical (unpaired) electrons. The van der Waals surface area contributed by atoms with Gasteiger partial charge in [0.2, 0.25) is 5.91 Å². The Morgan fingerprint density at radius 1 is 1.00 bits per heavy atom. The number of hydrogen-bond donors (Lipinski definition) is 1. The smallest absolute Gasteiger partial charge is 0.382 e. The summed E-state index contributed by atoms with van der Waals surface area (Å²) in [7, 11) is 0. The first kappa shape index (κ1) is 29.9. The second-order valence-electron chi connectivity index (χ2n) is 10.3. The van der Waals surface area contributed by atoms with Gasteiger partial charge in [-0.25, -0.2) is 4.98 Å². The molecule has 0 spiro atoms. The van der Waals surface area contributed by atoms with Crippen LogP contribution in [-0.4, -0.2) is 60.7 Å². The van der Waals surface area contributed by atoms with E-state index in [0.717, 1.165) is 24.3 Å². The number of aromatic nitrogens is 1. The first-order chi connectivity index (χ1) is 19.9. The molecule has 1 saturated heterocycles. The van der Waals surface area contributed by atoms with Gasteiger partial charge >= 0.3 is 12.4 Å². The molecule has 3 aromatic rings. The standard InChI is InChI=1S/C28H27F6N5O2S/c29-27(30,31)18-2-8-24-23(13-18)37-26(42-24)39-11-9-38(10-12-39)25(40)16-41-21-6-4-19(5-7-21)36-20-3-1-17(15-35)22(14-20)28(32,33)34/h1-3,8,13-14,19,21,36H,4-7,9-12,16H2. The number of alkyl halides is 6. The molecule has 0 bridgehead atoms. The summed E-state index contributed by atoms with van der Waals surface area (Å²) in [5.41, 5.74) is -1.53. The SMILES string of the molecule is N#Cc1ccc(NC2CCC(OCC(=O)N3CCN(c4nc5cc(C(F)(F)F)ccc5s4)CC3)CC2)cc1C(F)(F)F. The average molecular weight is 612 g/mol. The van der Waals surface area contributed by atoms with Gasteiger partial charge in [-0.2, -0.15) is 31.6 Å². The molecular formula is C28H27F6N5O2S. The second kappa shape index (κ2) is 12.0. The van der Waals surface area contributed by atoms with E-state index in [1.807, 2.05) is 4.90 Å². The van der Waals surface area contributed by atoms with Crippen molar-refractivity contribution in [2.75, 3.05) is 43.0 Å². The summed E-state index contributed by atoms with van der Waals surface area (Å²) in [5, 5.41) is 12.7. The van der Waals surface area contributed by atoms with Gasteiger partial charge in [-0.1, -0.05) is 11.3 Å². The molecule has 1 amide bonds. The molecule has 2 fully saturated rings. The Morgan fingerprint density at radius 2 is 1.71 bits per heavy atom. The molecule has 1 aromatic heterocycles. The van der Waals surface area contributed by atoms with E-state index in [1.165, 1.54) is 23.5 Å². The summed E-state index contributed by atoms with van der Waals surface area (Å²) in [6, 6.07) is 8.64. The van der Waals surface area contributed by atoms with E-state index < -0.39 is 29.0 Å². The molecular weight excluding hydrogens is 584 g/mol. The molecule has 2 aliphatic rings. The fourth-order valence-electron chi connectivity index (χ4n) is 5.23. The summed E-state index contributed by atoms with van der Waals surface area (Å²) < 4.78 is 85.3. The number of carbonyl (C=O) groups is 1. The number of anilines is 2. The molecule has 2 aromatic carbocycles. The van der Waals surface area contributed by atoms with Crippen LogP contribution in [0.25, 0.3) is 10.2 Å². The van der Waals surface area contributed by atoms with Crippen molar-refractivity contribution in [1.29, 1.82) is 5.26 Å². The van der Waals surface area contributed by atoms with Crippen LogP contribution < -0.4 is 10.2 Å². The molecule has 14 heteroatoms. The zero-order chi connectivity index (χ0) is 30.1. The predicted molar refractivity (Wildman–Crippen MR) is 145 cm³/mol. The van der Waals surface area contributed by atoms with E-state index >= 15 is 0 Å². The molecule has 1 saturated carbocycles. The number of carbonyl (C=O) groups excluding carboxylic acids is 1. The molecule has 1 aliphatic carbocycles. The predicted octanol–water partition coefficient (Wildman–Crippen LogP) is 6.29. The summed E-state index contributed by atoms with van der Waals surface area (Å²) in [5.74, 6) is -0.147. The largest absolute Gasteiger partial charge is 0.417 e. The van der Waals surface area contributed by atoms with Crippen molar-refractivity contribution in [2.24, 2.45) is 0 Å². The van der Waals surface area contributed by atoms with Crippen LogP contribution in [0, 0.1) is 11.3 Å². The summed E-state index contributed by atoms with van der Waals surface area (Å²) >= 11 is 1.32. The minimum Gasteiger partial charge on any atom is -0.382 e. The lowest BCUT2D eigenvalue weighted by molar-refractivity contribution is -0.139. The normalized spacial score (nSPS) is 20.0. The third-order valence-electron chi connectivity index (χ3n) is 7.54. The number of halogens is 6. The van der Waals surface area contributed by atoms with Crippen LogP contribution in [-0.2, 0) is 21.9 Å². The van der Waals surface area contributed by atoms with Crippen LogP contribution >= 0.6 is 11.3 Å². The van der Waals surface area contributed by atoms with Gasteiger partial charge in [-0.15, -0.1) is 0 Å². The number of thiazole rings is 1. The van der Waals surface area contributed by atoms with Gasteiger partial charge < -0.3 is 19.9 Å². The highest BCUT2D eigenvalue weighted by molar-refractivity contribution is 7.22. The van der Waals surface area contributed by atoms with Crippen LogP contribution in [0.1, 0.15) is 42.4 Å². The maximum atomic E-state index is 13.2. The molecule has 42 heavy (non-hydrogen) atoms. The average Bonchev–Trinajstić information content (AvgIpc) is 3.39. The number of nitriles is 1. The van der Waals surface area contributed by atoms with Crippen molar-refractivity contribution in [3.8, 4) is 6.07 Å². The zero-order valence-electron chi connectivity index (χ0n) is 22.3. The maximum Gasteiger partial charge on any atom is 0.417 e. The molecule has 2 heterocycles. The number of amides is 1. The van der Waals surface area contributed by atoms with Crippen molar-refractivity contribution in [3.63, 3.8) is 0 Å². The third kappa shape index (κ3) is 6.90. The molecule has 7 nitrogen and oxygen atoms in total. The molecule has 1 N–H and O–H groups in total. The first-order valence-electron chi connectivity index (χ1n) is 13.4. The van der Waals surface area contributed by atoms with Gasteiger partial charge in [0.05, 0.1) is 39.1 Å². The van der Waals surface area contributed by atoms with E-state index in [0.29, 0.717) is 72.9 Å². The number of nitrogens with zero attached hydrogens (tertiary/aromatic N) is 4. The number of ether oxygens (including phenoxy) is 1. The monoisotopic (exact) mass is 611 g/mol. The summed E-state index contributed by atoms with van der Waals surface area (Å²) in [6.07, 6.45) is -6.57. The molecule has 1 aliphatic heterocycles. The number of rotatable bonds is 6. The Morgan fingerprint density at radius 3 is 2.36 bits per heavy atom. The van der Waals surface area contributed by atoms with Gasteiger partial charge in [0, 0.05) is 37.9 Å². The minimum atomic E-state index is -4.62. The molecule has 0 unspecified atom stereocenters. The van der Waals surface area contributed by atoms with Gasteiger partial charge in [-0.05, 0) is 62.1 Å². The van der Waals surface area contributed by atoms with Crippen molar-refractivity contribution in [1.82, 2.24) is 9.88 Å². The Balaban J connectivity index is 1.06. The summed E-state index contributed by atoms with van der Waals surface area (Å²) in [6.45, 7) is 1.80. The molecule has 224 valence electrons. The van der Waals surface area contributed by atoms with E-state index in [4.69, 9.17) is 10.00 Å². The fourth-order valence-corrected chi connectivity index (χ4v) is 6.23. The van der Waals surface area contributed by atoms with Gasteiger partial charge in [-0.3, -0.25) is 4.79 Å².